The summed E-state index contributed by atoms with van der Waals surface area (Å²) in [5.74, 6) is -1.27. The van der Waals surface area contributed by atoms with Crippen molar-refractivity contribution in [1.82, 2.24) is 25.1 Å². The van der Waals surface area contributed by atoms with Crippen molar-refractivity contribution in [2.45, 2.75) is 26.8 Å². The summed E-state index contributed by atoms with van der Waals surface area (Å²) < 4.78 is 1.27. The molecule has 144 valence electrons. The van der Waals surface area contributed by atoms with E-state index in [-0.39, 0.29) is 23.4 Å². The third-order valence-corrected chi connectivity index (χ3v) is 3.98. The Hall–Kier alpha value is -3.75. The van der Waals surface area contributed by atoms with Crippen LogP contribution >= 0.6 is 0 Å². The molecular weight excluding hydrogens is 360 g/mol. The lowest BCUT2D eigenvalue weighted by Crippen LogP contribution is -2.37. The average molecular weight is 380 g/mol. The van der Waals surface area contributed by atoms with Gasteiger partial charge in [0.15, 0.2) is 0 Å². The zero-order chi connectivity index (χ0) is 20.3. The van der Waals surface area contributed by atoms with Crippen molar-refractivity contribution in [2.75, 3.05) is 5.32 Å². The molecule has 28 heavy (non-hydrogen) atoms. The quantitative estimate of drug-likeness (QED) is 0.591. The van der Waals surface area contributed by atoms with Crippen molar-refractivity contribution in [3.8, 4) is 5.95 Å². The summed E-state index contributed by atoms with van der Waals surface area (Å²) >= 11 is 0. The molecule has 0 saturated carbocycles. The molecule has 2 heterocycles. The number of benzene rings is 1. The van der Waals surface area contributed by atoms with Gasteiger partial charge in [0.2, 0.25) is 5.95 Å². The summed E-state index contributed by atoms with van der Waals surface area (Å²) in [5, 5.41) is 9.38. The van der Waals surface area contributed by atoms with Crippen LogP contribution in [0.3, 0.4) is 0 Å². The number of amides is 2. The van der Waals surface area contributed by atoms with E-state index in [1.54, 1.807) is 26.8 Å². The van der Waals surface area contributed by atoms with Gasteiger partial charge in [-0.15, -0.1) is 0 Å². The number of aromatic nitrogens is 4. The zero-order valence-corrected chi connectivity index (χ0v) is 15.7. The summed E-state index contributed by atoms with van der Waals surface area (Å²) in [4.78, 5) is 43.1. The monoisotopic (exact) mass is 380 g/mol. The summed E-state index contributed by atoms with van der Waals surface area (Å²) in [6.45, 7) is 5.18. The van der Waals surface area contributed by atoms with Crippen LogP contribution in [0.5, 0.6) is 0 Å². The third-order valence-electron chi connectivity index (χ3n) is 3.98. The van der Waals surface area contributed by atoms with Crippen LogP contribution in [0, 0.1) is 13.8 Å². The molecular formula is C19H20N6O3. The normalized spacial score (nSPS) is 11.7. The predicted octanol–water partition coefficient (Wildman–Crippen LogP) is 1.39. The molecule has 9 heteroatoms. The predicted molar refractivity (Wildman–Crippen MR) is 103 cm³/mol. The number of hydrogen-bond acceptors (Lipinski definition) is 5. The number of anilines is 1. The van der Waals surface area contributed by atoms with Gasteiger partial charge in [0.05, 0.1) is 11.7 Å². The van der Waals surface area contributed by atoms with Crippen molar-refractivity contribution in [3.05, 3.63) is 69.8 Å². The minimum atomic E-state index is -0.848. The molecule has 0 radical (unpaired) electrons. The molecule has 2 aromatic heterocycles. The molecule has 3 N–H and O–H groups in total. The van der Waals surface area contributed by atoms with Crippen LogP contribution in [0.4, 0.5) is 5.82 Å². The highest BCUT2D eigenvalue weighted by molar-refractivity contribution is 6.39. The molecule has 3 aromatic rings. The van der Waals surface area contributed by atoms with Crippen LogP contribution in [-0.2, 0) is 9.59 Å². The van der Waals surface area contributed by atoms with Crippen LogP contribution < -0.4 is 16.2 Å². The van der Waals surface area contributed by atoms with Crippen LogP contribution in [0.1, 0.15) is 29.9 Å². The fourth-order valence-corrected chi connectivity index (χ4v) is 2.67. The molecule has 0 spiro atoms. The second-order valence-corrected chi connectivity index (χ2v) is 6.35. The van der Waals surface area contributed by atoms with Gasteiger partial charge in [-0.05, 0) is 26.3 Å². The number of aryl methyl sites for hydroxylation is 2. The highest BCUT2D eigenvalue weighted by atomic mass is 16.2. The number of nitrogens with one attached hydrogen (secondary N) is 3. The summed E-state index contributed by atoms with van der Waals surface area (Å²) in [7, 11) is 0. The smallest absolute Gasteiger partial charge is 0.314 e. The number of carbonyl (C=O) groups excluding carboxylic acids is 2. The maximum absolute atomic E-state index is 12.3. The molecule has 0 fully saturated rings. The second-order valence-electron chi connectivity index (χ2n) is 6.35. The lowest BCUT2D eigenvalue weighted by Gasteiger charge is -2.14. The van der Waals surface area contributed by atoms with Gasteiger partial charge in [0.1, 0.15) is 5.82 Å². The number of aromatic amines is 1. The van der Waals surface area contributed by atoms with Crippen molar-refractivity contribution in [1.29, 1.82) is 0 Å². The standard InChI is InChI=1S/C19H20N6O3/c1-11-10-16(26)23-19(20-11)25-15(9-12(2)24-25)22-18(28)17(27)21-13(3)14-7-5-4-6-8-14/h4-10,13H,1-3H3,(H,21,27)(H,22,28)(H,20,23,26). The Morgan fingerprint density at radius 3 is 2.46 bits per heavy atom. The Morgan fingerprint density at radius 2 is 1.79 bits per heavy atom. The number of hydrogen-bond donors (Lipinski definition) is 3. The molecule has 1 aromatic carbocycles. The van der Waals surface area contributed by atoms with E-state index in [1.165, 1.54) is 10.7 Å². The van der Waals surface area contributed by atoms with Crippen LogP contribution in [0.15, 0.2) is 47.3 Å². The minimum absolute atomic E-state index is 0.145. The largest absolute Gasteiger partial charge is 0.341 e. The van der Waals surface area contributed by atoms with Crippen molar-refractivity contribution < 1.29 is 9.59 Å². The van der Waals surface area contributed by atoms with Gasteiger partial charge >= 0.3 is 11.8 Å². The van der Waals surface area contributed by atoms with Crippen LogP contribution in [-0.4, -0.2) is 31.6 Å². The molecule has 0 aliphatic carbocycles. The first-order chi connectivity index (χ1) is 13.3. The van der Waals surface area contributed by atoms with Gasteiger partial charge in [0.25, 0.3) is 5.56 Å². The topological polar surface area (TPSA) is 122 Å². The SMILES string of the molecule is Cc1cc(=O)[nH]c(-n2nc(C)cc2NC(=O)C(=O)NC(C)c2ccccc2)n1. The zero-order valence-electron chi connectivity index (χ0n) is 15.7. The van der Waals surface area contributed by atoms with Gasteiger partial charge < -0.3 is 10.6 Å². The van der Waals surface area contributed by atoms with Crippen molar-refractivity contribution >= 4 is 17.6 Å². The fourth-order valence-electron chi connectivity index (χ4n) is 2.67. The molecule has 3 rings (SSSR count). The maximum Gasteiger partial charge on any atom is 0.314 e. The first-order valence-corrected chi connectivity index (χ1v) is 8.65. The number of rotatable bonds is 4. The third kappa shape index (κ3) is 4.32. The van der Waals surface area contributed by atoms with E-state index in [4.69, 9.17) is 0 Å². The second kappa shape index (κ2) is 7.87. The van der Waals surface area contributed by atoms with Gasteiger partial charge in [0, 0.05) is 17.8 Å². The highest BCUT2D eigenvalue weighted by Gasteiger charge is 2.20. The number of nitrogens with zero attached hydrogens (tertiary/aromatic N) is 3. The van der Waals surface area contributed by atoms with E-state index in [2.05, 4.69) is 25.7 Å². The van der Waals surface area contributed by atoms with E-state index in [0.717, 1.165) is 5.56 Å². The molecule has 0 aliphatic rings. The fraction of sp³-hybridized carbons (Fsp3) is 0.211. The molecule has 1 unspecified atom stereocenters. The summed E-state index contributed by atoms with van der Waals surface area (Å²) in [5.41, 5.74) is 1.62. The van der Waals surface area contributed by atoms with Gasteiger partial charge in [-0.25, -0.2) is 4.98 Å². The van der Waals surface area contributed by atoms with E-state index < -0.39 is 11.8 Å². The van der Waals surface area contributed by atoms with Gasteiger partial charge in [-0.3, -0.25) is 19.4 Å². The molecule has 0 bridgehead atoms. The van der Waals surface area contributed by atoms with E-state index in [0.29, 0.717) is 11.4 Å². The van der Waals surface area contributed by atoms with Gasteiger partial charge in [-0.1, -0.05) is 30.3 Å². The lowest BCUT2D eigenvalue weighted by atomic mass is 10.1. The van der Waals surface area contributed by atoms with E-state index in [1.807, 2.05) is 30.3 Å². The maximum atomic E-state index is 12.3. The Balaban J connectivity index is 1.77. The molecule has 9 nitrogen and oxygen atoms in total. The molecule has 1 atom stereocenters. The molecule has 2 amide bonds. The van der Waals surface area contributed by atoms with Crippen molar-refractivity contribution in [3.63, 3.8) is 0 Å². The summed E-state index contributed by atoms with van der Waals surface area (Å²) in [6, 6.07) is 11.9. The average Bonchev–Trinajstić information content (AvgIpc) is 3.01. The highest BCUT2D eigenvalue weighted by Crippen LogP contribution is 2.15. The van der Waals surface area contributed by atoms with Crippen LogP contribution in [0.2, 0.25) is 0 Å². The Bertz CT molecular complexity index is 1070. The Labute approximate surface area is 160 Å². The van der Waals surface area contributed by atoms with E-state index in [9.17, 15) is 14.4 Å². The number of carbonyl (C=O) groups is 2. The lowest BCUT2D eigenvalue weighted by molar-refractivity contribution is -0.136. The Morgan fingerprint density at radius 1 is 1.07 bits per heavy atom. The van der Waals surface area contributed by atoms with Gasteiger partial charge in [-0.2, -0.15) is 9.78 Å². The first-order valence-electron chi connectivity index (χ1n) is 8.65. The summed E-state index contributed by atoms with van der Waals surface area (Å²) in [6.07, 6.45) is 0. The molecule has 0 saturated heterocycles. The Kier molecular flexibility index (Phi) is 5.35. The molecule has 0 aliphatic heterocycles. The number of H-pyrrole nitrogens is 1. The first kappa shape index (κ1) is 19.0. The van der Waals surface area contributed by atoms with Crippen LogP contribution in [0.25, 0.3) is 5.95 Å². The van der Waals surface area contributed by atoms with Crippen molar-refractivity contribution in [2.24, 2.45) is 0 Å². The minimum Gasteiger partial charge on any atom is -0.341 e. The van der Waals surface area contributed by atoms with E-state index >= 15 is 0 Å².